The van der Waals surface area contributed by atoms with E-state index in [0.717, 1.165) is 36.1 Å². The van der Waals surface area contributed by atoms with Gasteiger partial charge in [0.05, 0.1) is 0 Å². The van der Waals surface area contributed by atoms with E-state index in [-0.39, 0.29) is 11.4 Å². The molecule has 6 nitrogen and oxygen atoms in total. The zero-order valence-corrected chi connectivity index (χ0v) is 16.0. The van der Waals surface area contributed by atoms with E-state index in [0.29, 0.717) is 5.69 Å². The number of benzene rings is 2. The quantitative estimate of drug-likeness (QED) is 0.728. The minimum absolute atomic E-state index is 0.00988. The van der Waals surface area contributed by atoms with Gasteiger partial charge in [-0.25, -0.2) is 9.78 Å². The summed E-state index contributed by atoms with van der Waals surface area (Å²) < 4.78 is 1.51. The molecule has 0 radical (unpaired) electrons. The summed E-state index contributed by atoms with van der Waals surface area (Å²) in [7, 11) is 0. The number of amides is 2. The highest BCUT2D eigenvalue weighted by molar-refractivity contribution is 5.99. The van der Waals surface area contributed by atoms with Gasteiger partial charge in [0.1, 0.15) is 0 Å². The number of aryl methyl sites for hydroxylation is 4. The predicted molar refractivity (Wildman–Crippen MR) is 110 cm³/mol. The average Bonchev–Trinajstić information content (AvgIpc) is 3.14. The monoisotopic (exact) mass is 374 g/mol. The zero-order valence-electron chi connectivity index (χ0n) is 16.0. The van der Waals surface area contributed by atoms with Crippen molar-refractivity contribution in [2.75, 3.05) is 10.6 Å². The van der Waals surface area contributed by atoms with Crippen molar-refractivity contribution in [3.8, 4) is 5.69 Å². The molecular weight excluding hydrogens is 352 g/mol. The van der Waals surface area contributed by atoms with Crippen LogP contribution in [0.15, 0.2) is 53.6 Å². The second-order valence-electron chi connectivity index (χ2n) is 7.14. The molecule has 6 heteroatoms. The normalized spacial score (nSPS) is 12.5. The Morgan fingerprint density at radius 1 is 1.00 bits per heavy atom. The summed E-state index contributed by atoms with van der Waals surface area (Å²) in [6, 6.07) is 11.2. The summed E-state index contributed by atoms with van der Waals surface area (Å²) in [5, 5.41) is 5.30. The smallest absolute Gasteiger partial charge is 0.308 e. The van der Waals surface area contributed by atoms with Crippen LogP contribution in [-0.4, -0.2) is 15.6 Å². The number of carbonyl (C=O) groups excluding carboxylic acids is 1. The van der Waals surface area contributed by atoms with E-state index in [1.807, 2.05) is 44.2 Å². The van der Waals surface area contributed by atoms with Crippen LogP contribution >= 0.6 is 0 Å². The van der Waals surface area contributed by atoms with Crippen molar-refractivity contribution >= 4 is 17.5 Å². The Morgan fingerprint density at radius 3 is 2.64 bits per heavy atom. The number of aromatic nitrogens is 2. The minimum Gasteiger partial charge on any atom is -0.308 e. The molecule has 0 atom stereocenters. The summed E-state index contributed by atoms with van der Waals surface area (Å²) in [4.78, 5) is 29.2. The predicted octanol–water partition coefficient (Wildman–Crippen LogP) is 3.98. The third kappa shape index (κ3) is 3.53. The van der Waals surface area contributed by atoms with Crippen LogP contribution in [0.2, 0.25) is 0 Å². The van der Waals surface area contributed by atoms with E-state index >= 15 is 0 Å². The number of nitrogens with one attached hydrogen (secondary N) is 2. The molecule has 2 N–H and O–H groups in total. The Balaban J connectivity index is 1.56. The molecule has 0 bridgehead atoms. The minimum atomic E-state index is -0.500. The summed E-state index contributed by atoms with van der Waals surface area (Å²) in [5.74, 6) is -0.00988. The lowest BCUT2D eigenvalue weighted by Gasteiger charge is -2.11. The van der Waals surface area contributed by atoms with Gasteiger partial charge in [-0.05, 0) is 79.6 Å². The number of rotatable bonds is 3. The Bertz CT molecular complexity index is 1120. The van der Waals surface area contributed by atoms with E-state index in [2.05, 4.69) is 21.7 Å². The Hall–Kier alpha value is -3.41. The third-order valence-corrected chi connectivity index (χ3v) is 5.20. The number of anilines is 2. The number of hydrogen-bond acceptors (Lipinski definition) is 3. The lowest BCUT2D eigenvalue weighted by atomic mass is 10.1. The van der Waals surface area contributed by atoms with Crippen LogP contribution in [0, 0.1) is 13.8 Å². The van der Waals surface area contributed by atoms with E-state index in [9.17, 15) is 9.59 Å². The molecule has 1 aromatic heterocycles. The molecule has 0 aliphatic heterocycles. The standard InChI is InChI=1S/C22H22N4O2/c1-14-6-8-18(12-15(14)2)24-22(28)25-20-21(27)26(11-10-23-20)19-9-7-16-4-3-5-17(16)13-19/h6-13H,3-5H2,1-2H3,(H2,23,24,25,28). The fourth-order valence-corrected chi connectivity index (χ4v) is 3.50. The molecular formula is C22H22N4O2. The first-order valence-corrected chi connectivity index (χ1v) is 9.36. The number of hydrogen-bond donors (Lipinski definition) is 2. The summed E-state index contributed by atoms with van der Waals surface area (Å²) in [5.41, 5.74) is 5.93. The first kappa shape index (κ1) is 18.0. The van der Waals surface area contributed by atoms with Crippen molar-refractivity contribution in [2.45, 2.75) is 33.1 Å². The molecule has 0 fully saturated rings. The fourth-order valence-electron chi connectivity index (χ4n) is 3.50. The lowest BCUT2D eigenvalue weighted by molar-refractivity contribution is 0.262. The number of urea groups is 1. The van der Waals surface area contributed by atoms with Crippen LogP contribution in [0.25, 0.3) is 5.69 Å². The maximum atomic E-state index is 12.8. The van der Waals surface area contributed by atoms with Crippen LogP contribution in [0.3, 0.4) is 0 Å². The van der Waals surface area contributed by atoms with Gasteiger partial charge in [0.15, 0.2) is 0 Å². The highest BCUT2D eigenvalue weighted by Gasteiger charge is 2.14. The van der Waals surface area contributed by atoms with Crippen LogP contribution in [-0.2, 0) is 12.8 Å². The molecule has 142 valence electrons. The SMILES string of the molecule is Cc1ccc(NC(=O)Nc2nccn(-c3ccc4c(c3)CCC4)c2=O)cc1C. The highest BCUT2D eigenvalue weighted by atomic mass is 16.2. The van der Waals surface area contributed by atoms with Gasteiger partial charge in [-0.3, -0.25) is 14.7 Å². The van der Waals surface area contributed by atoms with Gasteiger partial charge in [-0.1, -0.05) is 12.1 Å². The average molecular weight is 374 g/mol. The summed E-state index contributed by atoms with van der Waals surface area (Å²) in [6.45, 7) is 3.99. The molecule has 1 aliphatic carbocycles. The highest BCUT2D eigenvalue weighted by Crippen LogP contribution is 2.24. The van der Waals surface area contributed by atoms with Crippen molar-refractivity contribution in [1.29, 1.82) is 0 Å². The maximum Gasteiger partial charge on any atom is 0.325 e. The molecule has 0 saturated carbocycles. The number of nitrogens with zero attached hydrogens (tertiary/aromatic N) is 2. The van der Waals surface area contributed by atoms with Gasteiger partial charge >= 0.3 is 6.03 Å². The second-order valence-corrected chi connectivity index (χ2v) is 7.14. The van der Waals surface area contributed by atoms with Crippen molar-refractivity contribution in [3.05, 3.63) is 81.4 Å². The van der Waals surface area contributed by atoms with Crippen LogP contribution in [0.1, 0.15) is 28.7 Å². The molecule has 1 heterocycles. The molecule has 0 saturated heterocycles. The van der Waals surface area contributed by atoms with E-state index in [1.54, 1.807) is 6.20 Å². The molecule has 0 unspecified atom stereocenters. The summed E-state index contributed by atoms with van der Waals surface area (Å²) in [6.07, 6.45) is 6.40. The van der Waals surface area contributed by atoms with Gasteiger partial charge in [0.2, 0.25) is 5.82 Å². The largest absolute Gasteiger partial charge is 0.325 e. The van der Waals surface area contributed by atoms with Gasteiger partial charge < -0.3 is 5.32 Å². The lowest BCUT2D eigenvalue weighted by Crippen LogP contribution is -2.28. The number of fused-ring (bicyclic) bond motifs is 1. The first-order valence-electron chi connectivity index (χ1n) is 9.36. The summed E-state index contributed by atoms with van der Waals surface area (Å²) >= 11 is 0. The molecule has 2 amide bonds. The second kappa shape index (κ2) is 7.31. The molecule has 1 aliphatic rings. The van der Waals surface area contributed by atoms with Crippen molar-refractivity contribution in [1.82, 2.24) is 9.55 Å². The van der Waals surface area contributed by atoms with Gasteiger partial charge in [-0.2, -0.15) is 0 Å². The van der Waals surface area contributed by atoms with Gasteiger partial charge in [-0.15, -0.1) is 0 Å². The topological polar surface area (TPSA) is 76.0 Å². The third-order valence-electron chi connectivity index (χ3n) is 5.20. The van der Waals surface area contributed by atoms with E-state index in [4.69, 9.17) is 0 Å². The van der Waals surface area contributed by atoms with Gasteiger partial charge in [0.25, 0.3) is 5.56 Å². The maximum absolute atomic E-state index is 12.8. The van der Waals surface area contributed by atoms with Gasteiger partial charge in [0, 0.05) is 23.8 Å². The molecule has 2 aromatic carbocycles. The molecule has 0 spiro atoms. The van der Waals surface area contributed by atoms with Crippen molar-refractivity contribution in [3.63, 3.8) is 0 Å². The van der Waals surface area contributed by atoms with E-state index < -0.39 is 6.03 Å². The Kier molecular flexibility index (Phi) is 4.69. The van der Waals surface area contributed by atoms with Crippen LogP contribution in [0.4, 0.5) is 16.3 Å². The molecule has 4 rings (SSSR count). The fraction of sp³-hybridized carbons (Fsp3) is 0.227. The Morgan fingerprint density at radius 2 is 1.82 bits per heavy atom. The van der Waals surface area contributed by atoms with E-state index in [1.165, 1.54) is 21.9 Å². The van der Waals surface area contributed by atoms with Crippen molar-refractivity contribution in [2.24, 2.45) is 0 Å². The number of carbonyl (C=O) groups is 1. The molecule has 3 aromatic rings. The van der Waals surface area contributed by atoms with Crippen LogP contribution in [0.5, 0.6) is 0 Å². The molecule has 28 heavy (non-hydrogen) atoms. The zero-order chi connectivity index (χ0) is 19.7. The Labute approximate surface area is 163 Å². The van der Waals surface area contributed by atoms with Crippen molar-refractivity contribution < 1.29 is 4.79 Å². The first-order chi connectivity index (χ1) is 13.5. The van der Waals surface area contributed by atoms with Crippen LogP contribution < -0.4 is 16.2 Å².